The van der Waals surface area contributed by atoms with E-state index >= 15 is 0 Å². The Morgan fingerprint density at radius 1 is 1.40 bits per heavy atom. The van der Waals surface area contributed by atoms with Gasteiger partial charge in [-0.05, 0) is 38.6 Å². The molecule has 0 aromatic heterocycles. The van der Waals surface area contributed by atoms with Crippen molar-refractivity contribution in [2.24, 2.45) is 0 Å². The molecule has 0 aliphatic heterocycles. The molecule has 0 aliphatic carbocycles. The SMILES string of the molecule is CNCC(O)c1cccc(OC(C)C)c1. The number of nitrogens with one attached hydrogen (secondary N) is 1. The summed E-state index contributed by atoms with van der Waals surface area (Å²) in [5.74, 6) is 0.803. The quantitative estimate of drug-likeness (QED) is 0.776. The maximum Gasteiger partial charge on any atom is 0.120 e. The van der Waals surface area contributed by atoms with E-state index in [1.807, 2.05) is 45.2 Å². The van der Waals surface area contributed by atoms with Gasteiger partial charge in [0, 0.05) is 6.54 Å². The van der Waals surface area contributed by atoms with Gasteiger partial charge in [-0.3, -0.25) is 0 Å². The van der Waals surface area contributed by atoms with E-state index in [9.17, 15) is 5.11 Å². The van der Waals surface area contributed by atoms with Crippen LogP contribution in [0.1, 0.15) is 25.5 Å². The van der Waals surface area contributed by atoms with Crippen molar-refractivity contribution in [2.75, 3.05) is 13.6 Å². The van der Waals surface area contributed by atoms with Crippen LogP contribution in [0.4, 0.5) is 0 Å². The van der Waals surface area contributed by atoms with Crippen LogP contribution in [0, 0.1) is 0 Å². The van der Waals surface area contributed by atoms with Crippen molar-refractivity contribution in [3.8, 4) is 5.75 Å². The van der Waals surface area contributed by atoms with Gasteiger partial charge in [-0.25, -0.2) is 0 Å². The van der Waals surface area contributed by atoms with Crippen LogP contribution in [-0.4, -0.2) is 24.8 Å². The summed E-state index contributed by atoms with van der Waals surface area (Å²) in [5.41, 5.74) is 0.877. The minimum absolute atomic E-state index is 0.154. The third kappa shape index (κ3) is 3.90. The highest BCUT2D eigenvalue weighted by atomic mass is 16.5. The first kappa shape index (κ1) is 12.0. The molecule has 0 spiro atoms. The van der Waals surface area contributed by atoms with E-state index in [-0.39, 0.29) is 6.10 Å². The van der Waals surface area contributed by atoms with Crippen molar-refractivity contribution >= 4 is 0 Å². The number of ether oxygens (including phenoxy) is 1. The fourth-order valence-electron chi connectivity index (χ4n) is 1.38. The summed E-state index contributed by atoms with van der Waals surface area (Å²) in [6.07, 6.45) is -0.326. The van der Waals surface area contributed by atoms with E-state index in [1.54, 1.807) is 0 Å². The van der Waals surface area contributed by atoms with Crippen LogP contribution in [0.15, 0.2) is 24.3 Å². The number of rotatable bonds is 5. The fourth-order valence-corrected chi connectivity index (χ4v) is 1.38. The second kappa shape index (κ2) is 5.73. The molecule has 0 heterocycles. The zero-order chi connectivity index (χ0) is 11.3. The minimum atomic E-state index is -0.481. The highest BCUT2D eigenvalue weighted by molar-refractivity contribution is 5.30. The second-order valence-electron chi connectivity index (χ2n) is 3.81. The summed E-state index contributed by atoms with van der Waals surface area (Å²) < 4.78 is 5.55. The maximum atomic E-state index is 9.76. The maximum absolute atomic E-state index is 9.76. The Bertz CT molecular complexity index is 299. The van der Waals surface area contributed by atoms with Gasteiger partial charge in [-0.2, -0.15) is 0 Å². The number of likely N-dealkylation sites (N-methyl/N-ethyl adjacent to an activating group) is 1. The fraction of sp³-hybridized carbons (Fsp3) is 0.500. The first-order valence-electron chi connectivity index (χ1n) is 5.22. The van der Waals surface area contributed by atoms with E-state index in [2.05, 4.69) is 5.32 Å². The molecule has 15 heavy (non-hydrogen) atoms. The summed E-state index contributed by atoms with van der Waals surface area (Å²) in [7, 11) is 1.82. The zero-order valence-corrected chi connectivity index (χ0v) is 9.53. The molecule has 0 radical (unpaired) electrons. The highest BCUT2D eigenvalue weighted by Crippen LogP contribution is 2.19. The van der Waals surface area contributed by atoms with Crippen LogP contribution in [0.25, 0.3) is 0 Å². The van der Waals surface area contributed by atoms with Crippen molar-refractivity contribution in [2.45, 2.75) is 26.1 Å². The van der Waals surface area contributed by atoms with E-state index in [4.69, 9.17) is 4.74 Å². The lowest BCUT2D eigenvalue weighted by molar-refractivity contribution is 0.176. The number of aliphatic hydroxyl groups is 1. The molecule has 1 aromatic carbocycles. The van der Waals surface area contributed by atoms with E-state index in [0.29, 0.717) is 6.54 Å². The summed E-state index contributed by atoms with van der Waals surface area (Å²) >= 11 is 0. The molecule has 3 heteroatoms. The lowest BCUT2D eigenvalue weighted by atomic mass is 10.1. The third-order valence-corrected chi connectivity index (χ3v) is 2.01. The summed E-state index contributed by atoms with van der Waals surface area (Å²) in [4.78, 5) is 0. The lowest BCUT2D eigenvalue weighted by Crippen LogP contribution is -2.16. The monoisotopic (exact) mass is 209 g/mol. The summed E-state index contributed by atoms with van der Waals surface area (Å²) in [6.45, 7) is 4.51. The summed E-state index contributed by atoms with van der Waals surface area (Å²) in [6, 6.07) is 7.57. The summed E-state index contributed by atoms with van der Waals surface area (Å²) in [5, 5.41) is 12.7. The van der Waals surface area contributed by atoms with Crippen LogP contribution >= 0.6 is 0 Å². The first-order valence-corrected chi connectivity index (χ1v) is 5.22. The second-order valence-corrected chi connectivity index (χ2v) is 3.81. The van der Waals surface area contributed by atoms with Crippen LogP contribution in [-0.2, 0) is 0 Å². The molecule has 0 amide bonds. The molecule has 2 N–H and O–H groups in total. The Kier molecular flexibility index (Phi) is 4.59. The number of benzene rings is 1. The molecule has 0 aliphatic rings. The van der Waals surface area contributed by atoms with Gasteiger partial charge in [0.25, 0.3) is 0 Å². The van der Waals surface area contributed by atoms with Crippen molar-refractivity contribution in [3.63, 3.8) is 0 Å². The smallest absolute Gasteiger partial charge is 0.120 e. The van der Waals surface area contributed by atoms with Gasteiger partial charge in [0.2, 0.25) is 0 Å². The molecule has 0 bridgehead atoms. The molecule has 1 aromatic rings. The Labute approximate surface area is 91.1 Å². The van der Waals surface area contributed by atoms with Crippen molar-refractivity contribution in [1.29, 1.82) is 0 Å². The molecule has 1 atom stereocenters. The third-order valence-electron chi connectivity index (χ3n) is 2.01. The van der Waals surface area contributed by atoms with Crippen molar-refractivity contribution in [3.05, 3.63) is 29.8 Å². The molecule has 84 valence electrons. The predicted molar refractivity (Wildman–Crippen MR) is 61.1 cm³/mol. The molecule has 0 saturated heterocycles. The van der Waals surface area contributed by atoms with Crippen molar-refractivity contribution in [1.82, 2.24) is 5.32 Å². The topological polar surface area (TPSA) is 41.5 Å². The van der Waals surface area contributed by atoms with Gasteiger partial charge < -0.3 is 15.2 Å². The molecular formula is C12H19NO2. The number of hydrogen-bond acceptors (Lipinski definition) is 3. The predicted octanol–water partition coefficient (Wildman–Crippen LogP) is 1.73. The average Bonchev–Trinajstić information content (AvgIpc) is 2.17. The van der Waals surface area contributed by atoms with Crippen LogP contribution in [0.3, 0.4) is 0 Å². The van der Waals surface area contributed by atoms with Crippen LogP contribution in [0.2, 0.25) is 0 Å². The molecule has 1 rings (SSSR count). The van der Waals surface area contributed by atoms with Crippen molar-refractivity contribution < 1.29 is 9.84 Å². The van der Waals surface area contributed by atoms with Gasteiger partial charge in [0.05, 0.1) is 12.2 Å². The number of hydrogen-bond donors (Lipinski definition) is 2. The highest BCUT2D eigenvalue weighted by Gasteiger charge is 2.07. The minimum Gasteiger partial charge on any atom is -0.491 e. The normalized spacial score (nSPS) is 12.9. The van der Waals surface area contributed by atoms with E-state index < -0.39 is 6.10 Å². The van der Waals surface area contributed by atoms with Gasteiger partial charge in [0.1, 0.15) is 5.75 Å². The Balaban J connectivity index is 2.73. The van der Waals surface area contributed by atoms with Gasteiger partial charge >= 0.3 is 0 Å². The van der Waals surface area contributed by atoms with Gasteiger partial charge in [-0.15, -0.1) is 0 Å². The van der Waals surface area contributed by atoms with Crippen LogP contribution < -0.4 is 10.1 Å². The molecule has 0 saturated carbocycles. The number of aliphatic hydroxyl groups excluding tert-OH is 1. The molecular weight excluding hydrogens is 190 g/mol. The Morgan fingerprint density at radius 2 is 2.13 bits per heavy atom. The van der Waals surface area contributed by atoms with Gasteiger partial charge in [-0.1, -0.05) is 12.1 Å². The molecule has 3 nitrogen and oxygen atoms in total. The standard InChI is InChI=1S/C12H19NO2/c1-9(2)15-11-6-4-5-10(7-11)12(14)8-13-3/h4-7,9,12-14H,8H2,1-3H3. The van der Waals surface area contributed by atoms with Gasteiger partial charge in [0.15, 0.2) is 0 Å². The zero-order valence-electron chi connectivity index (χ0n) is 9.53. The Morgan fingerprint density at radius 3 is 2.73 bits per heavy atom. The van der Waals surface area contributed by atoms with Crippen LogP contribution in [0.5, 0.6) is 5.75 Å². The first-order chi connectivity index (χ1) is 7.13. The lowest BCUT2D eigenvalue weighted by Gasteiger charge is -2.14. The Hall–Kier alpha value is -1.06. The van der Waals surface area contributed by atoms with E-state index in [1.165, 1.54) is 0 Å². The largest absolute Gasteiger partial charge is 0.491 e. The molecule has 1 unspecified atom stereocenters. The average molecular weight is 209 g/mol. The molecule has 0 fully saturated rings. The van der Waals surface area contributed by atoms with E-state index in [0.717, 1.165) is 11.3 Å².